The number of rotatable bonds is 5. The Kier molecular flexibility index (Phi) is 4.38. The van der Waals surface area contributed by atoms with Crippen LogP contribution in [0.25, 0.3) is 0 Å². The average molecular weight is 306 g/mol. The zero-order valence-corrected chi connectivity index (χ0v) is 12.7. The van der Waals surface area contributed by atoms with Gasteiger partial charge in [-0.2, -0.15) is 4.98 Å². The van der Waals surface area contributed by atoms with Gasteiger partial charge in [0.2, 0.25) is 11.7 Å². The van der Waals surface area contributed by atoms with Crippen LogP contribution in [-0.4, -0.2) is 22.9 Å². The molecule has 0 amide bonds. The van der Waals surface area contributed by atoms with Crippen LogP contribution in [0.2, 0.25) is 0 Å². The van der Waals surface area contributed by atoms with Crippen LogP contribution in [0.1, 0.15) is 37.9 Å². The lowest BCUT2D eigenvalue weighted by atomic mass is 9.93. The fourth-order valence-electron chi connectivity index (χ4n) is 2.71. The van der Waals surface area contributed by atoms with Crippen molar-refractivity contribution >= 4 is 0 Å². The number of para-hydroxylation sites is 1. The number of nitrogens with zero attached hydrogens (tertiary/aromatic N) is 2. The maximum absolute atomic E-state index is 13.5. The highest BCUT2D eigenvalue weighted by Gasteiger charge is 2.35. The van der Waals surface area contributed by atoms with Crippen LogP contribution < -0.4 is 4.74 Å². The zero-order chi connectivity index (χ0) is 15.5. The van der Waals surface area contributed by atoms with Crippen LogP contribution >= 0.6 is 0 Å². The van der Waals surface area contributed by atoms with Gasteiger partial charge >= 0.3 is 0 Å². The molecule has 2 atom stereocenters. The Morgan fingerprint density at radius 2 is 2.18 bits per heavy atom. The normalized spacial score (nSPS) is 21.5. The van der Waals surface area contributed by atoms with E-state index in [9.17, 15) is 4.39 Å². The molecule has 0 bridgehead atoms. The number of benzene rings is 1. The quantitative estimate of drug-likeness (QED) is 0.848. The van der Waals surface area contributed by atoms with Crippen molar-refractivity contribution in [1.29, 1.82) is 0 Å². The van der Waals surface area contributed by atoms with Crippen molar-refractivity contribution in [2.24, 2.45) is 5.92 Å². The van der Waals surface area contributed by atoms with E-state index in [1.807, 2.05) is 0 Å². The Morgan fingerprint density at radius 1 is 1.36 bits per heavy atom. The minimum absolute atomic E-state index is 0.0738. The summed E-state index contributed by atoms with van der Waals surface area (Å²) in [5.41, 5.74) is 0. The van der Waals surface area contributed by atoms with Crippen molar-refractivity contribution in [3.05, 3.63) is 41.8 Å². The Balaban J connectivity index is 1.65. The van der Waals surface area contributed by atoms with E-state index < -0.39 is 5.82 Å². The summed E-state index contributed by atoms with van der Waals surface area (Å²) in [6.45, 7) is 5.00. The molecule has 5 nitrogen and oxygen atoms in total. The lowest BCUT2D eigenvalue weighted by Gasteiger charge is -2.18. The molecule has 6 heteroatoms. The van der Waals surface area contributed by atoms with E-state index >= 15 is 0 Å². The Hall–Kier alpha value is -1.95. The third kappa shape index (κ3) is 3.11. The molecule has 0 radical (unpaired) electrons. The first kappa shape index (κ1) is 15.0. The number of hydrogen-bond acceptors (Lipinski definition) is 5. The Bertz CT molecular complexity index is 629. The number of halogens is 1. The van der Waals surface area contributed by atoms with Crippen molar-refractivity contribution in [3.8, 4) is 5.75 Å². The van der Waals surface area contributed by atoms with Gasteiger partial charge in [-0.25, -0.2) is 4.39 Å². The van der Waals surface area contributed by atoms with Crippen LogP contribution in [0.15, 0.2) is 28.8 Å². The summed E-state index contributed by atoms with van der Waals surface area (Å²) in [6.07, 6.45) is 0.972. The van der Waals surface area contributed by atoms with Gasteiger partial charge in [0.25, 0.3) is 0 Å². The molecule has 1 aliphatic heterocycles. The van der Waals surface area contributed by atoms with E-state index in [-0.39, 0.29) is 24.4 Å². The van der Waals surface area contributed by atoms with Gasteiger partial charge in [-0.15, -0.1) is 0 Å². The first-order valence-electron chi connectivity index (χ1n) is 7.46. The maximum Gasteiger partial charge on any atom is 0.232 e. The molecule has 2 aromatic rings. The third-order valence-electron chi connectivity index (χ3n) is 3.79. The summed E-state index contributed by atoms with van der Waals surface area (Å²) in [6, 6.07) is 6.24. The minimum Gasteiger partial charge on any atom is -0.482 e. The lowest BCUT2D eigenvalue weighted by molar-refractivity contribution is 0.0627. The van der Waals surface area contributed by atoms with Crippen molar-refractivity contribution < 1.29 is 18.4 Å². The smallest absolute Gasteiger partial charge is 0.232 e. The second-order valence-corrected chi connectivity index (χ2v) is 5.74. The molecule has 0 spiro atoms. The van der Waals surface area contributed by atoms with Crippen LogP contribution in [-0.2, 0) is 11.3 Å². The molecule has 1 saturated heterocycles. The fourth-order valence-corrected chi connectivity index (χ4v) is 2.71. The molecule has 1 aromatic carbocycles. The van der Waals surface area contributed by atoms with Crippen LogP contribution in [0.3, 0.4) is 0 Å². The fraction of sp³-hybridized carbons (Fsp3) is 0.500. The van der Waals surface area contributed by atoms with E-state index in [2.05, 4.69) is 24.0 Å². The van der Waals surface area contributed by atoms with Crippen LogP contribution in [0.4, 0.5) is 4.39 Å². The summed E-state index contributed by atoms with van der Waals surface area (Å²) >= 11 is 0. The van der Waals surface area contributed by atoms with Crippen LogP contribution in [0.5, 0.6) is 5.75 Å². The van der Waals surface area contributed by atoms with E-state index in [0.29, 0.717) is 24.2 Å². The zero-order valence-electron chi connectivity index (χ0n) is 12.7. The van der Waals surface area contributed by atoms with Gasteiger partial charge in [0, 0.05) is 6.61 Å². The second-order valence-electron chi connectivity index (χ2n) is 5.74. The molecule has 1 aromatic heterocycles. The molecule has 22 heavy (non-hydrogen) atoms. The summed E-state index contributed by atoms with van der Waals surface area (Å²) in [5.74, 6) is 1.26. The molecule has 0 saturated carbocycles. The van der Waals surface area contributed by atoms with Crippen molar-refractivity contribution in [3.63, 3.8) is 0 Å². The van der Waals surface area contributed by atoms with E-state index in [1.165, 1.54) is 6.07 Å². The SMILES string of the molecule is CC(C)[C@@H]1OCC[C@@H]1c1nc(COc2ccccc2F)no1. The largest absolute Gasteiger partial charge is 0.482 e. The lowest BCUT2D eigenvalue weighted by Crippen LogP contribution is -2.21. The van der Waals surface area contributed by atoms with Crippen molar-refractivity contribution in [1.82, 2.24) is 10.1 Å². The van der Waals surface area contributed by atoms with Gasteiger partial charge in [-0.1, -0.05) is 31.1 Å². The summed E-state index contributed by atoms with van der Waals surface area (Å²) in [5, 5.41) is 3.91. The van der Waals surface area contributed by atoms with Gasteiger partial charge < -0.3 is 14.0 Å². The Morgan fingerprint density at radius 3 is 2.95 bits per heavy atom. The molecular weight excluding hydrogens is 287 g/mol. The molecule has 0 unspecified atom stereocenters. The molecule has 3 rings (SSSR count). The highest BCUT2D eigenvalue weighted by Crippen LogP contribution is 2.34. The van der Waals surface area contributed by atoms with Gasteiger partial charge in [-0.3, -0.25) is 0 Å². The maximum atomic E-state index is 13.5. The highest BCUT2D eigenvalue weighted by molar-refractivity contribution is 5.23. The van der Waals surface area contributed by atoms with Gasteiger partial charge in [0.15, 0.2) is 18.2 Å². The minimum atomic E-state index is -0.407. The van der Waals surface area contributed by atoms with Gasteiger partial charge in [-0.05, 0) is 24.5 Å². The summed E-state index contributed by atoms with van der Waals surface area (Å²) in [4.78, 5) is 4.36. The van der Waals surface area contributed by atoms with Gasteiger partial charge in [0.1, 0.15) is 0 Å². The number of hydrogen-bond donors (Lipinski definition) is 0. The standard InChI is InChI=1S/C16H19FN2O3/c1-10(2)15-11(7-8-20-15)16-18-14(19-22-16)9-21-13-6-4-3-5-12(13)17/h3-6,10-11,15H,7-9H2,1-2H3/t11-,15-/m0/s1. The molecule has 1 fully saturated rings. The highest BCUT2D eigenvalue weighted by atomic mass is 19.1. The first-order chi connectivity index (χ1) is 10.6. The summed E-state index contributed by atoms with van der Waals surface area (Å²) < 4.78 is 29.9. The molecule has 0 N–H and O–H groups in total. The van der Waals surface area contributed by atoms with Gasteiger partial charge in [0.05, 0.1) is 12.0 Å². The van der Waals surface area contributed by atoms with E-state index in [0.717, 1.165) is 6.42 Å². The van der Waals surface area contributed by atoms with Crippen molar-refractivity contribution in [2.45, 2.75) is 38.9 Å². The molecule has 2 heterocycles. The third-order valence-corrected chi connectivity index (χ3v) is 3.79. The monoisotopic (exact) mass is 306 g/mol. The van der Waals surface area contributed by atoms with E-state index in [1.54, 1.807) is 18.2 Å². The summed E-state index contributed by atoms with van der Waals surface area (Å²) in [7, 11) is 0. The predicted octanol–water partition coefficient (Wildman–Crippen LogP) is 3.32. The first-order valence-corrected chi connectivity index (χ1v) is 7.46. The van der Waals surface area contributed by atoms with Crippen molar-refractivity contribution in [2.75, 3.05) is 6.61 Å². The second kappa shape index (κ2) is 6.44. The Labute approximate surface area is 128 Å². The molecule has 118 valence electrons. The predicted molar refractivity (Wildman–Crippen MR) is 77.0 cm³/mol. The molecule has 1 aliphatic rings. The molecular formula is C16H19FN2O3. The molecule has 0 aliphatic carbocycles. The topological polar surface area (TPSA) is 57.4 Å². The number of aromatic nitrogens is 2. The average Bonchev–Trinajstić information content (AvgIpc) is 3.15. The van der Waals surface area contributed by atoms with E-state index in [4.69, 9.17) is 14.0 Å². The number of ether oxygens (including phenoxy) is 2. The van der Waals surface area contributed by atoms with Crippen LogP contribution in [0, 0.1) is 11.7 Å².